The number of rotatable bonds is 4. The van der Waals surface area contributed by atoms with Crippen molar-refractivity contribution in [3.8, 4) is 0 Å². The number of nitrogens with one attached hydrogen (secondary N) is 1. The van der Waals surface area contributed by atoms with Gasteiger partial charge >= 0.3 is 0 Å². The normalized spacial score (nSPS) is 19.8. The van der Waals surface area contributed by atoms with Crippen LogP contribution in [0.1, 0.15) is 30.6 Å². The highest BCUT2D eigenvalue weighted by atomic mass is 35.5. The van der Waals surface area contributed by atoms with Crippen molar-refractivity contribution in [1.29, 1.82) is 0 Å². The molecule has 0 bridgehead atoms. The summed E-state index contributed by atoms with van der Waals surface area (Å²) in [5.41, 5.74) is 0.176. The smallest absolute Gasteiger partial charge is 0.288 e. The molecule has 0 aliphatic heterocycles. The summed E-state index contributed by atoms with van der Waals surface area (Å²) in [5.74, 6) is 0.102. The molecule has 0 saturated heterocycles. The number of nitro benzene ring substituents is 1. The van der Waals surface area contributed by atoms with Gasteiger partial charge in [0.05, 0.1) is 10.5 Å². The fourth-order valence-corrected chi connectivity index (χ4v) is 2.35. The molecule has 1 aromatic rings. The van der Waals surface area contributed by atoms with Crippen LogP contribution in [0.15, 0.2) is 18.2 Å². The number of hydrogen-bond acceptors (Lipinski definition) is 3. The number of nitro groups is 1. The third-order valence-electron chi connectivity index (χ3n) is 3.65. The van der Waals surface area contributed by atoms with Gasteiger partial charge < -0.3 is 5.32 Å². The van der Waals surface area contributed by atoms with Crippen LogP contribution in [0.5, 0.6) is 0 Å². The Morgan fingerprint density at radius 2 is 2.21 bits per heavy atom. The Balaban J connectivity index is 2.07. The SMILES string of the molecule is CC1(C)CC1CNC(=O)c1cccc([N+](=O)[O-])c1Cl. The van der Waals surface area contributed by atoms with Gasteiger partial charge in [0.2, 0.25) is 0 Å². The molecule has 1 aromatic carbocycles. The van der Waals surface area contributed by atoms with Crippen molar-refractivity contribution in [3.63, 3.8) is 0 Å². The molecule has 1 amide bonds. The first-order valence-corrected chi connectivity index (χ1v) is 6.42. The van der Waals surface area contributed by atoms with E-state index >= 15 is 0 Å². The van der Waals surface area contributed by atoms with Crippen LogP contribution in [-0.2, 0) is 0 Å². The van der Waals surface area contributed by atoms with Gasteiger partial charge in [-0.1, -0.05) is 31.5 Å². The van der Waals surface area contributed by atoms with Crippen molar-refractivity contribution in [2.24, 2.45) is 11.3 Å². The van der Waals surface area contributed by atoms with Gasteiger partial charge in [-0.2, -0.15) is 0 Å². The number of carbonyl (C=O) groups is 1. The molecule has 1 atom stereocenters. The Morgan fingerprint density at radius 3 is 2.74 bits per heavy atom. The number of benzene rings is 1. The predicted octanol–water partition coefficient (Wildman–Crippen LogP) is 3.02. The molecule has 19 heavy (non-hydrogen) atoms. The Hall–Kier alpha value is -1.62. The minimum atomic E-state index is -0.594. The minimum absolute atomic E-state index is 0.111. The van der Waals surface area contributed by atoms with Crippen LogP contribution >= 0.6 is 11.6 Å². The fourth-order valence-electron chi connectivity index (χ4n) is 2.07. The topological polar surface area (TPSA) is 72.2 Å². The summed E-state index contributed by atoms with van der Waals surface area (Å²) >= 11 is 5.88. The summed E-state index contributed by atoms with van der Waals surface area (Å²) in [5, 5.41) is 13.4. The summed E-state index contributed by atoms with van der Waals surface area (Å²) in [6, 6.07) is 4.23. The van der Waals surface area contributed by atoms with Gasteiger partial charge in [-0.25, -0.2) is 0 Å². The maximum absolute atomic E-state index is 12.0. The molecule has 6 heteroatoms. The number of halogens is 1. The zero-order valence-corrected chi connectivity index (χ0v) is 11.5. The van der Waals surface area contributed by atoms with E-state index in [1.165, 1.54) is 18.2 Å². The van der Waals surface area contributed by atoms with Crippen LogP contribution in [0.3, 0.4) is 0 Å². The highest BCUT2D eigenvalue weighted by Crippen LogP contribution is 2.51. The van der Waals surface area contributed by atoms with Crippen LogP contribution in [0.25, 0.3) is 0 Å². The van der Waals surface area contributed by atoms with E-state index in [1.54, 1.807) is 0 Å². The van der Waals surface area contributed by atoms with Gasteiger partial charge in [0.1, 0.15) is 5.02 Å². The third kappa shape index (κ3) is 2.87. The number of nitrogens with zero attached hydrogens (tertiary/aromatic N) is 1. The lowest BCUT2D eigenvalue weighted by Crippen LogP contribution is -2.26. The van der Waals surface area contributed by atoms with E-state index in [1.807, 2.05) is 0 Å². The molecule has 1 aliphatic rings. The van der Waals surface area contributed by atoms with Gasteiger partial charge in [0, 0.05) is 12.6 Å². The summed E-state index contributed by atoms with van der Waals surface area (Å²) < 4.78 is 0. The van der Waals surface area contributed by atoms with Crippen molar-refractivity contribution in [3.05, 3.63) is 38.9 Å². The molecular formula is C13H15ClN2O3. The first kappa shape index (κ1) is 13.8. The molecule has 1 saturated carbocycles. The summed E-state index contributed by atoms with van der Waals surface area (Å²) in [7, 11) is 0. The van der Waals surface area contributed by atoms with Gasteiger partial charge in [-0.05, 0) is 23.8 Å². The Labute approximate surface area is 116 Å². The largest absolute Gasteiger partial charge is 0.352 e. The van der Waals surface area contributed by atoms with Crippen molar-refractivity contribution < 1.29 is 9.72 Å². The van der Waals surface area contributed by atoms with Crippen LogP contribution in [0.4, 0.5) is 5.69 Å². The molecule has 5 nitrogen and oxygen atoms in total. The lowest BCUT2D eigenvalue weighted by Gasteiger charge is -2.08. The maximum atomic E-state index is 12.0. The van der Waals surface area contributed by atoms with Crippen LogP contribution in [0, 0.1) is 21.4 Å². The molecule has 0 radical (unpaired) electrons. The van der Waals surface area contributed by atoms with E-state index < -0.39 is 4.92 Å². The second kappa shape index (κ2) is 4.81. The molecule has 1 N–H and O–H groups in total. The van der Waals surface area contributed by atoms with E-state index in [9.17, 15) is 14.9 Å². The molecule has 0 spiro atoms. The quantitative estimate of drug-likeness (QED) is 0.681. The standard InChI is InChI=1S/C13H15ClN2O3/c1-13(2)6-8(13)7-15-12(17)9-4-3-5-10(11(9)14)16(18)19/h3-5,8H,6-7H2,1-2H3,(H,15,17). The predicted molar refractivity (Wildman–Crippen MR) is 72.3 cm³/mol. The molecule has 0 heterocycles. The number of amides is 1. The zero-order valence-electron chi connectivity index (χ0n) is 10.8. The zero-order chi connectivity index (χ0) is 14.2. The Kier molecular flexibility index (Phi) is 3.49. The van der Waals surface area contributed by atoms with Crippen molar-refractivity contribution in [2.75, 3.05) is 6.54 Å². The molecular weight excluding hydrogens is 268 g/mol. The fraction of sp³-hybridized carbons (Fsp3) is 0.462. The van der Waals surface area contributed by atoms with Crippen LogP contribution < -0.4 is 5.32 Å². The summed E-state index contributed by atoms with van der Waals surface area (Å²) in [6.07, 6.45) is 1.08. The van der Waals surface area contributed by atoms with Crippen LogP contribution in [0.2, 0.25) is 5.02 Å². The van der Waals surface area contributed by atoms with Crippen molar-refractivity contribution in [2.45, 2.75) is 20.3 Å². The molecule has 1 unspecified atom stereocenters. The molecule has 102 valence electrons. The number of carbonyl (C=O) groups excluding carboxylic acids is 1. The lowest BCUT2D eigenvalue weighted by molar-refractivity contribution is -0.384. The molecule has 2 rings (SSSR count). The van der Waals surface area contributed by atoms with Gasteiger partial charge in [0.15, 0.2) is 0 Å². The van der Waals surface area contributed by atoms with E-state index in [4.69, 9.17) is 11.6 Å². The van der Waals surface area contributed by atoms with Gasteiger partial charge in [-0.15, -0.1) is 0 Å². The van der Waals surface area contributed by atoms with Crippen molar-refractivity contribution >= 4 is 23.2 Å². The van der Waals surface area contributed by atoms with Gasteiger partial charge in [-0.3, -0.25) is 14.9 Å². The third-order valence-corrected chi connectivity index (χ3v) is 4.04. The Morgan fingerprint density at radius 1 is 1.58 bits per heavy atom. The minimum Gasteiger partial charge on any atom is -0.352 e. The first-order valence-electron chi connectivity index (χ1n) is 6.04. The average molecular weight is 283 g/mol. The molecule has 1 aliphatic carbocycles. The highest BCUT2D eigenvalue weighted by molar-refractivity contribution is 6.35. The van der Waals surface area contributed by atoms with Crippen molar-refractivity contribution in [1.82, 2.24) is 5.32 Å². The maximum Gasteiger partial charge on any atom is 0.288 e. The summed E-state index contributed by atoms with van der Waals surface area (Å²) in [4.78, 5) is 22.1. The van der Waals surface area contributed by atoms with E-state index in [-0.39, 0.29) is 27.6 Å². The van der Waals surface area contributed by atoms with E-state index in [2.05, 4.69) is 19.2 Å². The first-order chi connectivity index (χ1) is 8.83. The molecule has 0 aromatic heterocycles. The monoisotopic (exact) mass is 282 g/mol. The second-order valence-corrected chi connectivity index (χ2v) is 5.87. The second-order valence-electron chi connectivity index (χ2n) is 5.50. The van der Waals surface area contributed by atoms with E-state index in [0.717, 1.165) is 6.42 Å². The average Bonchev–Trinajstić information content (AvgIpc) is 2.94. The Bertz CT molecular complexity index is 543. The summed E-state index contributed by atoms with van der Waals surface area (Å²) in [6.45, 7) is 4.86. The highest BCUT2D eigenvalue weighted by Gasteiger charge is 2.45. The van der Waals surface area contributed by atoms with Crippen LogP contribution in [-0.4, -0.2) is 17.4 Å². The van der Waals surface area contributed by atoms with E-state index in [0.29, 0.717) is 12.5 Å². The van der Waals surface area contributed by atoms with Gasteiger partial charge in [0.25, 0.3) is 11.6 Å². The number of hydrogen-bond donors (Lipinski definition) is 1. The molecule has 1 fully saturated rings. The lowest BCUT2D eigenvalue weighted by atomic mass is 10.1.